The molecule has 4 rings (SSSR count). The molecule has 37 heavy (non-hydrogen) atoms. The van der Waals surface area contributed by atoms with E-state index in [0.29, 0.717) is 36.0 Å². The fourth-order valence-corrected chi connectivity index (χ4v) is 5.11. The van der Waals surface area contributed by atoms with E-state index in [2.05, 4.69) is 47.9 Å². The van der Waals surface area contributed by atoms with Gasteiger partial charge in [0.05, 0.1) is 11.6 Å². The van der Waals surface area contributed by atoms with Crippen LogP contribution < -0.4 is 15.1 Å². The molecule has 1 saturated carbocycles. The summed E-state index contributed by atoms with van der Waals surface area (Å²) >= 11 is 6.09. The normalized spacial score (nSPS) is 15.8. The predicted octanol–water partition coefficient (Wildman–Crippen LogP) is 5.92. The molecule has 2 N–H and O–H groups in total. The van der Waals surface area contributed by atoms with E-state index in [1.807, 2.05) is 0 Å². The number of anilines is 3. The lowest BCUT2D eigenvalue weighted by atomic mass is 10.1. The van der Waals surface area contributed by atoms with E-state index in [1.165, 1.54) is 4.90 Å². The Morgan fingerprint density at radius 3 is 2.54 bits per heavy atom. The molecule has 1 aliphatic heterocycles. The largest absolute Gasteiger partial charge is 0.503 e. The van der Waals surface area contributed by atoms with Gasteiger partial charge in [-0.05, 0) is 66.0 Å². The maximum atomic E-state index is 14.8. The van der Waals surface area contributed by atoms with Crippen LogP contribution in [0.4, 0.5) is 31.0 Å². The fourth-order valence-electron chi connectivity index (χ4n) is 4.82. The molecule has 2 amide bonds. The van der Waals surface area contributed by atoms with Crippen LogP contribution in [-0.4, -0.2) is 57.2 Å². The fraction of sp³-hybridized carbons (Fsp3) is 0.577. The lowest BCUT2D eigenvalue weighted by Gasteiger charge is -2.36. The number of carbonyl (C=O) groups is 1. The molecular formula is C26H35ClF2N6O2. The van der Waals surface area contributed by atoms with E-state index in [0.717, 1.165) is 49.6 Å². The number of carbonyl (C=O) groups excluding carboxylic acids is 1. The molecule has 0 saturated heterocycles. The van der Waals surface area contributed by atoms with Crippen molar-refractivity contribution in [1.29, 1.82) is 0 Å². The molecule has 0 bridgehead atoms. The molecule has 1 fully saturated rings. The van der Waals surface area contributed by atoms with Crippen LogP contribution in [-0.2, 0) is 6.54 Å². The highest BCUT2D eigenvalue weighted by molar-refractivity contribution is 6.34. The number of amides is 2. The van der Waals surface area contributed by atoms with Crippen molar-refractivity contribution in [1.82, 2.24) is 14.9 Å². The second kappa shape index (κ2) is 11.3. The molecule has 0 atom stereocenters. The standard InChI is InChI=1S/C26H35ClF2N6O2/c1-15(2)33(16(3)4)11-7-5-6-10-30-25-31-13-17-14-34(22-19(27)12-20(28)23(36)21(22)29)26(37)35(18-8-9-18)24(17)32-25/h12-13,15-16,18,36H,5-11,14H2,1-4H3,(H,30,31,32). The number of benzene rings is 1. The van der Waals surface area contributed by atoms with Crippen LogP contribution in [0.25, 0.3) is 0 Å². The van der Waals surface area contributed by atoms with Crippen molar-refractivity contribution in [3.63, 3.8) is 0 Å². The highest BCUT2D eigenvalue weighted by atomic mass is 35.5. The third-order valence-electron chi connectivity index (χ3n) is 6.84. The number of unbranched alkanes of at least 4 members (excludes halogenated alkanes) is 2. The van der Waals surface area contributed by atoms with Gasteiger partial charge < -0.3 is 10.4 Å². The zero-order valence-corrected chi connectivity index (χ0v) is 22.5. The minimum absolute atomic E-state index is 0.0540. The van der Waals surface area contributed by atoms with Crippen molar-refractivity contribution in [2.75, 3.05) is 28.2 Å². The van der Waals surface area contributed by atoms with Crippen LogP contribution in [0.5, 0.6) is 5.75 Å². The number of aromatic nitrogens is 2. The first-order valence-corrected chi connectivity index (χ1v) is 13.3. The Balaban J connectivity index is 1.44. The molecule has 2 heterocycles. The highest BCUT2D eigenvalue weighted by Gasteiger charge is 2.43. The monoisotopic (exact) mass is 536 g/mol. The molecule has 0 radical (unpaired) electrons. The van der Waals surface area contributed by atoms with Gasteiger partial charge in [0, 0.05) is 36.4 Å². The Hall–Kier alpha value is -2.72. The van der Waals surface area contributed by atoms with Crippen LogP contribution in [0, 0.1) is 11.6 Å². The summed E-state index contributed by atoms with van der Waals surface area (Å²) in [5.74, 6) is -2.73. The van der Waals surface area contributed by atoms with Crippen molar-refractivity contribution >= 4 is 35.1 Å². The van der Waals surface area contributed by atoms with Crippen molar-refractivity contribution < 1.29 is 18.7 Å². The molecule has 1 aliphatic carbocycles. The van der Waals surface area contributed by atoms with E-state index in [4.69, 9.17) is 11.6 Å². The quantitative estimate of drug-likeness (QED) is 0.347. The van der Waals surface area contributed by atoms with Gasteiger partial charge in [0.2, 0.25) is 5.95 Å². The zero-order chi connectivity index (χ0) is 26.9. The number of phenols is 1. The average Bonchev–Trinajstić information content (AvgIpc) is 3.67. The summed E-state index contributed by atoms with van der Waals surface area (Å²) in [5, 5.41) is 12.7. The molecule has 11 heteroatoms. The number of nitrogens with zero attached hydrogens (tertiary/aromatic N) is 5. The van der Waals surface area contributed by atoms with Crippen molar-refractivity contribution in [2.45, 2.75) is 84.5 Å². The van der Waals surface area contributed by atoms with Crippen LogP contribution in [0.1, 0.15) is 65.4 Å². The van der Waals surface area contributed by atoms with Gasteiger partial charge in [0.25, 0.3) is 0 Å². The summed E-state index contributed by atoms with van der Waals surface area (Å²) in [6, 6.07) is 1.25. The summed E-state index contributed by atoms with van der Waals surface area (Å²) in [6.45, 7) is 10.6. The molecule has 1 aromatic heterocycles. The average molecular weight is 537 g/mol. The van der Waals surface area contributed by atoms with Gasteiger partial charge in [-0.25, -0.2) is 18.6 Å². The second-order valence-electron chi connectivity index (χ2n) is 10.3. The Morgan fingerprint density at radius 1 is 1.19 bits per heavy atom. The highest BCUT2D eigenvalue weighted by Crippen LogP contribution is 2.43. The predicted molar refractivity (Wildman–Crippen MR) is 141 cm³/mol. The maximum absolute atomic E-state index is 14.8. The summed E-state index contributed by atoms with van der Waals surface area (Å²) in [7, 11) is 0. The van der Waals surface area contributed by atoms with Crippen molar-refractivity contribution in [3.8, 4) is 5.75 Å². The first-order chi connectivity index (χ1) is 17.6. The van der Waals surface area contributed by atoms with Gasteiger partial charge in [-0.1, -0.05) is 18.0 Å². The molecule has 1 aromatic carbocycles. The van der Waals surface area contributed by atoms with E-state index in [1.54, 1.807) is 6.20 Å². The van der Waals surface area contributed by atoms with Gasteiger partial charge in [0.1, 0.15) is 11.5 Å². The van der Waals surface area contributed by atoms with Crippen LogP contribution in [0.3, 0.4) is 0 Å². The SMILES string of the molecule is CC(C)N(CCCCCNc1ncc2c(n1)N(C1CC1)C(=O)N(c1c(Cl)cc(F)c(O)c1F)C2)C(C)C. The number of aromatic hydroxyl groups is 1. The number of hydrogen-bond donors (Lipinski definition) is 2. The number of rotatable bonds is 11. The number of urea groups is 1. The molecule has 8 nitrogen and oxygen atoms in total. The van der Waals surface area contributed by atoms with Gasteiger partial charge in [-0.15, -0.1) is 0 Å². The van der Waals surface area contributed by atoms with E-state index < -0.39 is 23.4 Å². The Kier molecular flexibility index (Phi) is 8.38. The first kappa shape index (κ1) is 27.3. The third-order valence-corrected chi connectivity index (χ3v) is 7.13. The lowest BCUT2D eigenvalue weighted by molar-refractivity contribution is 0.171. The smallest absolute Gasteiger partial charge is 0.330 e. The Labute approximate surface area is 221 Å². The van der Waals surface area contributed by atoms with Crippen LogP contribution in [0.2, 0.25) is 5.02 Å². The van der Waals surface area contributed by atoms with Gasteiger partial charge in [-0.3, -0.25) is 14.7 Å². The zero-order valence-electron chi connectivity index (χ0n) is 21.8. The van der Waals surface area contributed by atoms with Crippen LogP contribution in [0.15, 0.2) is 12.3 Å². The summed E-state index contributed by atoms with van der Waals surface area (Å²) in [5.41, 5.74) is 0.247. The summed E-state index contributed by atoms with van der Waals surface area (Å²) in [6.07, 6.45) is 6.35. The number of halogens is 3. The molecule has 0 unspecified atom stereocenters. The minimum atomic E-state index is -1.28. The van der Waals surface area contributed by atoms with Crippen molar-refractivity contribution in [3.05, 3.63) is 34.5 Å². The number of hydrogen-bond acceptors (Lipinski definition) is 6. The molecule has 0 spiro atoms. The Morgan fingerprint density at radius 2 is 1.89 bits per heavy atom. The molecular weight excluding hydrogens is 502 g/mol. The summed E-state index contributed by atoms with van der Waals surface area (Å²) < 4.78 is 28.5. The molecule has 2 aromatic rings. The van der Waals surface area contributed by atoms with Crippen LogP contribution >= 0.6 is 11.6 Å². The van der Waals surface area contributed by atoms with E-state index >= 15 is 0 Å². The molecule has 2 aliphatic rings. The van der Waals surface area contributed by atoms with Crippen molar-refractivity contribution in [2.24, 2.45) is 0 Å². The topological polar surface area (TPSA) is 84.8 Å². The van der Waals surface area contributed by atoms with Gasteiger partial charge in [-0.2, -0.15) is 4.98 Å². The van der Waals surface area contributed by atoms with E-state index in [-0.39, 0.29) is 23.3 Å². The Bertz CT molecular complexity index is 1140. The lowest BCUT2D eigenvalue weighted by Crippen LogP contribution is -2.49. The second-order valence-corrected chi connectivity index (χ2v) is 10.7. The number of nitrogens with one attached hydrogen (secondary N) is 1. The minimum Gasteiger partial charge on any atom is -0.503 e. The van der Waals surface area contributed by atoms with E-state index in [9.17, 15) is 18.7 Å². The van der Waals surface area contributed by atoms with Gasteiger partial charge >= 0.3 is 6.03 Å². The maximum Gasteiger partial charge on any atom is 0.330 e. The van der Waals surface area contributed by atoms with Gasteiger partial charge in [0.15, 0.2) is 17.4 Å². The first-order valence-electron chi connectivity index (χ1n) is 12.9. The number of phenolic OH excluding ortho intramolecular Hbond substituents is 1. The number of fused-ring (bicyclic) bond motifs is 1. The molecule has 202 valence electrons. The summed E-state index contributed by atoms with van der Waals surface area (Å²) in [4.78, 5) is 27.6. The third kappa shape index (κ3) is 5.90.